The molecule has 0 saturated heterocycles. The van der Waals surface area contributed by atoms with Gasteiger partial charge in [-0.05, 0) is 30.7 Å². The van der Waals surface area contributed by atoms with Crippen LogP contribution >= 0.6 is 0 Å². The van der Waals surface area contributed by atoms with E-state index in [1.165, 1.54) is 24.0 Å². The molecule has 0 amide bonds. The highest BCUT2D eigenvalue weighted by atomic mass is 16.1. The molecule has 0 bridgehead atoms. The summed E-state index contributed by atoms with van der Waals surface area (Å²) in [7, 11) is 0. The lowest BCUT2D eigenvalue weighted by molar-refractivity contribution is 0.112. The molecule has 1 nitrogen and oxygen atoms in total. The van der Waals surface area contributed by atoms with Crippen LogP contribution in [0.15, 0.2) is 18.2 Å². The number of carbonyl (C=O) groups excluding carboxylic acids is 1. The number of carbonyl (C=O) groups is 1. The summed E-state index contributed by atoms with van der Waals surface area (Å²) in [6.07, 6.45) is 3.41. The summed E-state index contributed by atoms with van der Waals surface area (Å²) >= 11 is 0. The second-order valence-corrected chi connectivity index (χ2v) is 4.27. The minimum atomic E-state index is 0.294. The molecule has 0 unspecified atom stereocenters. The van der Waals surface area contributed by atoms with E-state index in [-0.39, 0.29) is 0 Å². The summed E-state index contributed by atoms with van der Waals surface area (Å²) < 4.78 is 0. The average Bonchev–Trinajstić information content (AvgIpc) is 2.85. The van der Waals surface area contributed by atoms with Crippen LogP contribution in [0.2, 0.25) is 0 Å². The Labute approximate surface area is 78.8 Å². The smallest absolute Gasteiger partial charge is 0.150 e. The maximum atomic E-state index is 10.8. The first-order chi connectivity index (χ1) is 6.15. The van der Waals surface area contributed by atoms with Crippen molar-refractivity contribution in [3.8, 4) is 0 Å². The van der Waals surface area contributed by atoms with Gasteiger partial charge in [0.05, 0.1) is 0 Å². The van der Waals surface area contributed by atoms with Gasteiger partial charge < -0.3 is 0 Å². The van der Waals surface area contributed by atoms with E-state index in [0.717, 1.165) is 11.8 Å². The predicted octanol–water partition coefficient (Wildman–Crippen LogP) is 2.86. The molecule has 1 aromatic rings. The van der Waals surface area contributed by atoms with E-state index in [1.807, 2.05) is 12.1 Å². The molecule has 0 aromatic heterocycles. The molecule has 1 aliphatic carbocycles. The van der Waals surface area contributed by atoms with E-state index in [9.17, 15) is 4.79 Å². The highest BCUT2D eigenvalue weighted by Gasteiger charge is 2.40. The van der Waals surface area contributed by atoms with Gasteiger partial charge in [-0.1, -0.05) is 30.7 Å². The molecule has 0 N–H and O–H groups in total. The van der Waals surface area contributed by atoms with Crippen molar-refractivity contribution in [2.45, 2.75) is 32.1 Å². The second kappa shape index (κ2) is 2.69. The fourth-order valence-electron chi connectivity index (χ4n) is 1.75. The number of rotatable bonds is 2. The second-order valence-electron chi connectivity index (χ2n) is 4.27. The van der Waals surface area contributed by atoms with Crippen LogP contribution in [0.1, 0.15) is 41.3 Å². The Morgan fingerprint density at radius 2 is 2.08 bits per heavy atom. The molecular formula is C12H14O. The molecule has 1 aromatic carbocycles. The monoisotopic (exact) mass is 174 g/mol. The largest absolute Gasteiger partial charge is 0.298 e. The summed E-state index contributed by atoms with van der Waals surface area (Å²) in [5.41, 5.74) is 3.64. The molecule has 68 valence electrons. The predicted molar refractivity (Wildman–Crippen MR) is 53.2 cm³/mol. The van der Waals surface area contributed by atoms with Gasteiger partial charge >= 0.3 is 0 Å². The van der Waals surface area contributed by atoms with Gasteiger partial charge in [0.2, 0.25) is 0 Å². The van der Waals surface area contributed by atoms with E-state index in [0.29, 0.717) is 5.41 Å². The van der Waals surface area contributed by atoms with E-state index in [1.54, 1.807) is 0 Å². The molecule has 0 aliphatic heterocycles. The van der Waals surface area contributed by atoms with Crippen molar-refractivity contribution in [1.29, 1.82) is 0 Å². The molecule has 0 heterocycles. The van der Waals surface area contributed by atoms with Crippen LogP contribution in [0.4, 0.5) is 0 Å². The third-order valence-corrected chi connectivity index (χ3v) is 2.99. The molecule has 0 atom stereocenters. The molecule has 13 heavy (non-hydrogen) atoms. The Morgan fingerprint density at radius 1 is 1.38 bits per heavy atom. The minimum Gasteiger partial charge on any atom is -0.298 e. The first-order valence-corrected chi connectivity index (χ1v) is 4.72. The number of aldehydes is 1. The zero-order valence-corrected chi connectivity index (χ0v) is 8.13. The zero-order valence-electron chi connectivity index (χ0n) is 8.13. The molecular weight excluding hydrogens is 160 g/mol. The van der Waals surface area contributed by atoms with E-state index < -0.39 is 0 Å². The molecule has 1 saturated carbocycles. The maximum absolute atomic E-state index is 10.8. The molecule has 1 heteroatoms. The summed E-state index contributed by atoms with van der Waals surface area (Å²) in [5.74, 6) is 0. The van der Waals surface area contributed by atoms with Gasteiger partial charge in [0, 0.05) is 5.56 Å². The van der Waals surface area contributed by atoms with E-state index >= 15 is 0 Å². The van der Waals surface area contributed by atoms with Gasteiger partial charge in [-0.15, -0.1) is 0 Å². The third-order valence-electron chi connectivity index (χ3n) is 2.99. The third kappa shape index (κ3) is 1.39. The highest BCUT2D eigenvalue weighted by molar-refractivity contribution is 5.78. The van der Waals surface area contributed by atoms with E-state index in [2.05, 4.69) is 19.9 Å². The summed E-state index contributed by atoms with van der Waals surface area (Å²) in [6.45, 7) is 4.30. The van der Waals surface area contributed by atoms with Crippen molar-refractivity contribution >= 4 is 6.29 Å². The quantitative estimate of drug-likeness (QED) is 0.630. The van der Waals surface area contributed by atoms with Gasteiger partial charge in [-0.3, -0.25) is 4.79 Å². The lowest BCUT2D eigenvalue weighted by atomic mass is 9.92. The minimum absolute atomic E-state index is 0.294. The first-order valence-electron chi connectivity index (χ1n) is 4.72. The Bertz CT molecular complexity index is 348. The normalized spacial score (nSPS) is 18.3. The Kier molecular flexibility index (Phi) is 1.76. The van der Waals surface area contributed by atoms with Crippen LogP contribution in [0, 0.1) is 6.92 Å². The van der Waals surface area contributed by atoms with Crippen LogP contribution < -0.4 is 0 Å². The van der Waals surface area contributed by atoms with Gasteiger partial charge in [0.25, 0.3) is 0 Å². The van der Waals surface area contributed by atoms with Gasteiger partial charge in [-0.25, -0.2) is 0 Å². The standard InChI is InChI=1S/C12H14O/c1-9-3-4-10(8-13)11(7-9)12(2)5-6-12/h3-4,7-8H,5-6H2,1-2H3. The van der Waals surface area contributed by atoms with Crippen molar-refractivity contribution in [3.63, 3.8) is 0 Å². The lowest BCUT2D eigenvalue weighted by Gasteiger charge is -2.12. The number of benzene rings is 1. The average molecular weight is 174 g/mol. The Hall–Kier alpha value is -1.11. The molecule has 0 radical (unpaired) electrons. The summed E-state index contributed by atoms with van der Waals surface area (Å²) in [4.78, 5) is 10.8. The zero-order chi connectivity index (χ0) is 9.47. The van der Waals surface area contributed by atoms with Crippen LogP contribution in [0.5, 0.6) is 0 Å². The number of hydrogen-bond donors (Lipinski definition) is 0. The summed E-state index contributed by atoms with van der Waals surface area (Å²) in [5, 5.41) is 0. The van der Waals surface area contributed by atoms with Crippen molar-refractivity contribution in [2.75, 3.05) is 0 Å². The van der Waals surface area contributed by atoms with Crippen LogP contribution in [0.25, 0.3) is 0 Å². The molecule has 0 spiro atoms. The van der Waals surface area contributed by atoms with Crippen LogP contribution in [0.3, 0.4) is 0 Å². The molecule has 1 fully saturated rings. The Morgan fingerprint density at radius 3 is 2.62 bits per heavy atom. The topological polar surface area (TPSA) is 17.1 Å². The first kappa shape index (κ1) is 8.49. The molecule has 2 rings (SSSR count). The highest BCUT2D eigenvalue weighted by Crippen LogP contribution is 2.48. The molecule has 1 aliphatic rings. The van der Waals surface area contributed by atoms with Crippen molar-refractivity contribution in [2.24, 2.45) is 0 Å². The van der Waals surface area contributed by atoms with Gasteiger partial charge in [0.1, 0.15) is 6.29 Å². The number of hydrogen-bond acceptors (Lipinski definition) is 1. The van der Waals surface area contributed by atoms with Crippen molar-refractivity contribution in [3.05, 3.63) is 34.9 Å². The lowest BCUT2D eigenvalue weighted by Crippen LogP contribution is -2.04. The van der Waals surface area contributed by atoms with Crippen LogP contribution in [-0.4, -0.2) is 6.29 Å². The van der Waals surface area contributed by atoms with E-state index in [4.69, 9.17) is 0 Å². The fourth-order valence-corrected chi connectivity index (χ4v) is 1.75. The fraction of sp³-hybridized carbons (Fsp3) is 0.417. The number of aryl methyl sites for hydroxylation is 1. The van der Waals surface area contributed by atoms with Crippen molar-refractivity contribution < 1.29 is 4.79 Å². The summed E-state index contributed by atoms with van der Waals surface area (Å²) in [6, 6.07) is 6.08. The van der Waals surface area contributed by atoms with Gasteiger partial charge in [0.15, 0.2) is 0 Å². The maximum Gasteiger partial charge on any atom is 0.150 e. The van der Waals surface area contributed by atoms with Gasteiger partial charge in [-0.2, -0.15) is 0 Å². The van der Waals surface area contributed by atoms with Crippen molar-refractivity contribution in [1.82, 2.24) is 0 Å². The van der Waals surface area contributed by atoms with Crippen LogP contribution in [-0.2, 0) is 5.41 Å². The SMILES string of the molecule is Cc1ccc(C=O)c(C2(C)CC2)c1. The Balaban J connectivity index is 2.52.